The number of rotatable bonds is 4. The van der Waals surface area contributed by atoms with Gasteiger partial charge in [0, 0.05) is 17.7 Å². The van der Waals surface area contributed by atoms with Crippen molar-refractivity contribution < 1.29 is 14.2 Å². The van der Waals surface area contributed by atoms with E-state index in [2.05, 4.69) is 39.9 Å². The van der Waals surface area contributed by atoms with Gasteiger partial charge in [0.15, 0.2) is 17.7 Å². The van der Waals surface area contributed by atoms with Gasteiger partial charge in [-0.2, -0.15) is 9.94 Å². The van der Waals surface area contributed by atoms with E-state index in [9.17, 15) is 0 Å². The lowest BCUT2D eigenvalue weighted by Gasteiger charge is -2.34. The Balaban J connectivity index is 0.00000205. The zero-order valence-corrected chi connectivity index (χ0v) is 17.8. The number of quaternary nitrogens is 1. The highest BCUT2D eigenvalue weighted by atomic mass is 35.5. The smallest absolute Gasteiger partial charge is 0.335 e. The van der Waals surface area contributed by atoms with Crippen LogP contribution in [0.25, 0.3) is 11.9 Å². The highest BCUT2D eigenvalue weighted by Gasteiger charge is 2.49. The predicted octanol–water partition coefficient (Wildman–Crippen LogP) is 3.03. The molecule has 1 aromatic heterocycles. The lowest BCUT2D eigenvalue weighted by molar-refractivity contribution is -0.962. The lowest BCUT2D eigenvalue weighted by atomic mass is 9.91. The van der Waals surface area contributed by atoms with E-state index in [4.69, 9.17) is 9.57 Å². The molecule has 0 bridgehead atoms. The standard InChI is InChI=1S/C22H27N4O2.ClH/c1-27-19-12-15-8-6-7-11-18(15)21-20-16(14-26(19,21)28-2)13-23-25-22(20)24-17-9-4-3-5-10-17;/h7,11-14,17H,3-6,8-10H2,1-2H3,(H,24,25);1H/q+1;. The quantitative estimate of drug-likeness (QED) is 0.766. The van der Waals surface area contributed by atoms with Crippen molar-refractivity contribution in [2.45, 2.75) is 51.0 Å². The van der Waals surface area contributed by atoms with E-state index in [1.165, 1.54) is 43.3 Å². The van der Waals surface area contributed by atoms with Crippen LogP contribution in [0.2, 0.25) is 0 Å². The fourth-order valence-corrected chi connectivity index (χ4v) is 4.94. The SMILES string of the molecule is COC1=CC2=C(C=CCC2)C2=c3c(NC4CCCCC4)nncc3=C[N+]12OC.Cl. The molecule has 0 aromatic carbocycles. The molecule has 2 aliphatic heterocycles. The second-order valence-electron chi connectivity index (χ2n) is 7.89. The third kappa shape index (κ3) is 3.10. The zero-order chi connectivity index (χ0) is 19.1. The van der Waals surface area contributed by atoms with E-state index in [1.807, 2.05) is 6.20 Å². The third-order valence-electron chi connectivity index (χ3n) is 6.30. The monoisotopic (exact) mass is 415 g/mol. The molecule has 6 nitrogen and oxygen atoms in total. The molecule has 1 saturated carbocycles. The minimum absolute atomic E-state index is 0. The van der Waals surface area contributed by atoms with Crippen LogP contribution >= 0.6 is 12.4 Å². The van der Waals surface area contributed by atoms with E-state index in [0.717, 1.165) is 40.7 Å². The Hall–Kier alpha value is -2.15. The van der Waals surface area contributed by atoms with Crippen molar-refractivity contribution in [1.82, 2.24) is 10.2 Å². The number of nitrogens with zero attached hydrogens (tertiary/aromatic N) is 3. The number of ether oxygens (including phenoxy) is 1. The molecule has 7 heteroatoms. The molecule has 1 fully saturated rings. The normalized spacial score (nSPS) is 25.3. The molecular formula is C22H28ClN4O2+. The number of allylic oxidation sites excluding steroid dienone is 3. The van der Waals surface area contributed by atoms with Crippen LogP contribution in [0.3, 0.4) is 0 Å². The minimum Gasteiger partial charge on any atom is -0.452 e. The van der Waals surface area contributed by atoms with Crippen LogP contribution in [-0.2, 0) is 9.57 Å². The topological polar surface area (TPSA) is 56.3 Å². The van der Waals surface area contributed by atoms with Gasteiger partial charge in [0.25, 0.3) is 0 Å². The summed E-state index contributed by atoms with van der Waals surface area (Å²) in [4.78, 5) is 6.08. The highest BCUT2D eigenvalue weighted by Crippen LogP contribution is 2.43. The van der Waals surface area contributed by atoms with Gasteiger partial charge >= 0.3 is 5.88 Å². The van der Waals surface area contributed by atoms with Gasteiger partial charge in [0.1, 0.15) is 0 Å². The Morgan fingerprint density at radius 3 is 2.76 bits per heavy atom. The van der Waals surface area contributed by atoms with Gasteiger partial charge in [-0.3, -0.25) is 0 Å². The summed E-state index contributed by atoms with van der Waals surface area (Å²) in [5.41, 5.74) is 3.58. The van der Waals surface area contributed by atoms with Gasteiger partial charge in [0.2, 0.25) is 0 Å². The van der Waals surface area contributed by atoms with Gasteiger partial charge in [0.05, 0.1) is 30.9 Å². The number of hydrogen-bond donors (Lipinski definition) is 1. The number of hydroxylamine groups is 3. The molecule has 29 heavy (non-hydrogen) atoms. The Morgan fingerprint density at radius 1 is 1.17 bits per heavy atom. The molecule has 0 radical (unpaired) electrons. The van der Waals surface area contributed by atoms with E-state index in [0.29, 0.717) is 6.04 Å². The third-order valence-corrected chi connectivity index (χ3v) is 6.30. The lowest BCUT2D eigenvalue weighted by Crippen LogP contribution is -2.42. The second kappa shape index (κ2) is 7.94. The summed E-state index contributed by atoms with van der Waals surface area (Å²) < 4.78 is 5.92. The Morgan fingerprint density at radius 2 is 2.00 bits per heavy atom. The maximum absolute atomic E-state index is 6.08. The second-order valence-corrected chi connectivity index (χ2v) is 7.89. The molecule has 3 heterocycles. The first-order valence-corrected chi connectivity index (χ1v) is 10.2. The van der Waals surface area contributed by atoms with Gasteiger partial charge in [-0.25, -0.2) is 0 Å². The van der Waals surface area contributed by atoms with Crippen molar-refractivity contribution in [2.24, 2.45) is 0 Å². The molecule has 1 N–H and O–H groups in total. The van der Waals surface area contributed by atoms with Crippen LogP contribution in [0, 0.1) is 0 Å². The van der Waals surface area contributed by atoms with Crippen LogP contribution in [0.15, 0.2) is 41.5 Å². The van der Waals surface area contributed by atoms with Gasteiger partial charge in [-0.15, -0.1) is 17.5 Å². The molecule has 2 aliphatic carbocycles. The number of methoxy groups -OCH3 is 1. The van der Waals surface area contributed by atoms with E-state index < -0.39 is 0 Å². The summed E-state index contributed by atoms with van der Waals surface area (Å²) in [5.74, 6) is 1.63. The average Bonchev–Trinajstić information content (AvgIpc) is 3.11. The number of aromatic nitrogens is 2. The molecule has 0 saturated heterocycles. The van der Waals surface area contributed by atoms with Gasteiger partial charge < -0.3 is 10.1 Å². The summed E-state index contributed by atoms with van der Waals surface area (Å²) in [7, 11) is 3.43. The summed E-state index contributed by atoms with van der Waals surface area (Å²) in [6.45, 7) is 0. The average molecular weight is 416 g/mol. The van der Waals surface area contributed by atoms with Crippen molar-refractivity contribution in [1.29, 1.82) is 0 Å². The maximum atomic E-state index is 6.08. The first kappa shape index (κ1) is 20.1. The summed E-state index contributed by atoms with van der Waals surface area (Å²) in [5, 5.41) is 14.6. The van der Waals surface area contributed by atoms with Gasteiger partial charge in [-0.1, -0.05) is 36.1 Å². The molecule has 0 spiro atoms. The van der Waals surface area contributed by atoms with Crippen LogP contribution in [0.5, 0.6) is 0 Å². The van der Waals surface area contributed by atoms with Crippen molar-refractivity contribution in [3.63, 3.8) is 0 Å². The highest BCUT2D eigenvalue weighted by molar-refractivity contribution is 5.85. The number of nitrogens with one attached hydrogen (secondary N) is 1. The largest absolute Gasteiger partial charge is 0.452 e. The molecule has 0 amide bonds. The molecule has 4 aliphatic rings. The number of hydrogen-bond acceptors (Lipinski definition) is 5. The number of fused-ring (bicyclic) bond motifs is 3. The fraction of sp³-hybridized carbons (Fsp3) is 0.455. The zero-order valence-electron chi connectivity index (χ0n) is 17.0. The number of halogens is 1. The van der Waals surface area contributed by atoms with E-state index in [-0.39, 0.29) is 17.1 Å². The maximum Gasteiger partial charge on any atom is 0.335 e. The molecule has 1 unspecified atom stereocenters. The molecule has 5 rings (SSSR count). The van der Waals surface area contributed by atoms with Crippen LogP contribution in [0.1, 0.15) is 44.9 Å². The van der Waals surface area contributed by atoms with Crippen molar-refractivity contribution >= 4 is 30.1 Å². The molecule has 1 aromatic rings. The Kier molecular flexibility index (Phi) is 5.51. The van der Waals surface area contributed by atoms with E-state index in [1.54, 1.807) is 14.2 Å². The molecule has 1 atom stereocenters. The minimum atomic E-state index is 0. The Bertz CT molecular complexity index is 1020. The predicted molar refractivity (Wildman–Crippen MR) is 115 cm³/mol. The van der Waals surface area contributed by atoms with Crippen molar-refractivity contribution in [2.75, 3.05) is 19.5 Å². The first-order chi connectivity index (χ1) is 13.8. The molecule has 154 valence electrons. The van der Waals surface area contributed by atoms with Crippen LogP contribution in [-0.4, -0.2) is 35.1 Å². The summed E-state index contributed by atoms with van der Waals surface area (Å²) in [6.07, 6.45) is 18.8. The van der Waals surface area contributed by atoms with E-state index >= 15 is 0 Å². The van der Waals surface area contributed by atoms with Crippen molar-refractivity contribution in [3.8, 4) is 0 Å². The fourth-order valence-electron chi connectivity index (χ4n) is 4.94. The van der Waals surface area contributed by atoms with Crippen LogP contribution in [0.4, 0.5) is 5.82 Å². The van der Waals surface area contributed by atoms with Crippen molar-refractivity contribution in [3.05, 3.63) is 51.9 Å². The first-order valence-electron chi connectivity index (χ1n) is 10.2. The van der Waals surface area contributed by atoms with Gasteiger partial charge in [-0.05, 0) is 31.3 Å². The molecular weight excluding hydrogens is 388 g/mol. The number of anilines is 1. The summed E-state index contributed by atoms with van der Waals surface area (Å²) in [6, 6.07) is 0.455. The Labute approximate surface area is 177 Å². The summed E-state index contributed by atoms with van der Waals surface area (Å²) >= 11 is 0. The van der Waals surface area contributed by atoms with Crippen LogP contribution < -0.4 is 15.8 Å².